The molecule has 0 amide bonds. The summed E-state index contributed by atoms with van der Waals surface area (Å²) in [6.07, 6.45) is -4.69. The van der Waals surface area contributed by atoms with Crippen molar-refractivity contribution in [1.82, 2.24) is 4.90 Å². The van der Waals surface area contributed by atoms with Gasteiger partial charge in [0.05, 0.1) is 6.04 Å². The number of hydrogen-bond acceptors (Lipinski definition) is 3. The van der Waals surface area contributed by atoms with E-state index in [2.05, 4.69) is 4.74 Å². The zero-order chi connectivity index (χ0) is 13.1. The Hall–Kier alpha value is -1.27. The summed E-state index contributed by atoms with van der Waals surface area (Å²) in [5, 5.41) is 0. The molecule has 0 radical (unpaired) electrons. The minimum Gasteiger partial charge on any atom is -0.405 e. The number of halogens is 3. The molecule has 1 aromatic rings. The van der Waals surface area contributed by atoms with Crippen molar-refractivity contribution in [2.45, 2.75) is 12.4 Å². The third-order valence-corrected chi connectivity index (χ3v) is 2.35. The summed E-state index contributed by atoms with van der Waals surface area (Å²) >= 11 is 0. The van der Waals surface area contributed by atoms with E-state index >= 15 is 0 Å². The van der Waals surface area contributed by atoms with Crippen LogP contribution in [0, 0.1) is 0 Å². The summed E-state index contributed by atoms with van der Waals surface area (Å²) < 4.78 is 40.7. The Morgan fingerprint density at radius 3 is 2.35 bits per heavy atom. The maximum atomic E-state index is 12.2. The van der Waals surface area contributed by atoms with Gasteiger partial charge in [-0.25, -0.2) is 0 Å². The number of nitrogens with zero attached hydrogens (tertiary/aromatic N) is 1. The van der Waals surface area contributed by atoms with Gasteiger partial charge in [-0.3, -0.25) is 0 Å². The number of para-hydroxylation sites is 1. The highest BCUT2D eigenvalue weighted by molar-refractivity contribution is 5.36. The number of nitrogens with two attached hydrogens (primary N) is 1. The number of likely N-dealkylation sites (N-methyl/N-ethyl adjacent to an activating group) is 1. The van der Waals surface area contributed by atoms with Crippen LogP contribution in [-0.4, -0.2) is 31.9 Å². The molecular formula is C11H15F3N2O. The molecule has 2 N–H and O–H groups in total. The lowest BCUT2D eigenvalue weighted by atomic mass is 10.1. The van der Waals surface area contributed by atoms with E-state index in [4.69, 9.17) is 5.73 Å². The Balaban J connectivity index is 3.06. The van der Waals surface area contributed by atoms with E-state index in [0.29, 0.717) is 5.56 Å². The highest BCUT2D eigenvalue weighted by Crippen LogP contribution is 2.31. The average molecular weight is 248 g/mol. The molecule has 0 unspecified atom stereocenters. The Morgan fingerprint density at radius 2 is 1.88 bits per heavy atom. The average Bonchev–Trinajstić information content (AvgIpc) is 2.18. The van der Waals surface area contributed by atoms with Crippen LogP contribution in [0.1, 0.15) is 11.6 Å². The lowest BCUT2D eigenvalue weighted by Crippen LogP contribution is -2.28. The maximum Gasteiger partial charge on any atom is 0.573 e. The van der Waals surface area contributed by atoms with E-state index in [1.807, 2.05) is 0 Å². The SMILES string of the molecule is CN(C)[C@H](CN)c1ccccc1OC(F)(F)F. The molecule has 0 fully saturated rings. The predicted octanol–water partition coefficient (Wildman–Crippen LogP) is 2.15. The molecule has 3 nitrogen and oxygen atoms in total. The topological polar surface area (TPSA) is 38.5 Å². The van der Waals surface area contributed by atoms with Crippen molar-refractivity contribution < 1.29 is 17.9 Å². The predicted molar refractivity (Wildman–Crippen MR) is 58.6 cm³/mol. The molecule has 0 aliphatic rings. The second-order valence-electron chi connectivity index (χ2n) is 3.80. The summed E-state index contributed by atoms with van der Waals surface area (Å²) in [4.78, 5) is 1.75. The molecule has 0 aliphatic carbocycles. The minimum absolute atomic E-state index is 0.204. The molecule has 1 aromatic carbocycles. The third-order valence-electron chi connectivity index (χ3n) is 2.35. The zero-order valence-corrected chi connectivity index (χ0v) is 9.66. The zero-order valence-electron chi connectivity index (χ0n) is 9.66. The van der Waals surface area contributed by atoms with Crippen molar-refractivity contribution in [3.05, 3.63) is 29.8 Å². The Morgan fingerprint density at radius 1 is 1.29 bits per heavy atom. The first kappa shape index (κ1) is 13.8. The highest BCUT2D eigenvalue weighted by Gasteiger charge is 2.33. The largest absolute Gasteiger partial charge is 0.573 e. The van der Waals surface area contributed by atoms with Crippen molar-refractivity contribution >= 4 is 0 Å². The summed E-state index contributed by atoms with van der Waals surface area (Å²) in [5.41, 5.74) is 5.99. The first-order chi connectivity index (χ1) is 7.85. The first-order valence-electron chi connectivity index (χ1n) is 5.06. The maximum absolute atomic E-state index is 12.2. The minimum atomic E-state index is -4.69. The number of alkyl halides is 3. The fraction of sp³-hybridized carbons (Fsp3) is 0.455. The molecule has 17 heavy (non-hydrogen) atoms. The second kappa shape index (κ2) is 5.37. The molecule has 96 valence electrons. The van der Waals surface area contributed by atoms with Crippen LogP contribution in [0.15, 0.2) is 24.3 Å². The van der Waals surface area contributed by atoms with Gasteiger partial charge >= 0.3 is 6.36 Å². The van der Waals surface area contributed by atoms with Crippen LogP contribution in [-0.2, 0) is 0 Å². The number of hydrogen-bond donors (Lipinski definition) is 1. The van der Waals surface area contributed by atoms with Crippen LogP contribution < -0.4 is 10.5 Å². The van der Waals surface area contributed by atoms with Gasteiger partial charge < -0.3 is 15.4 Å². The van der Waals surface area contributed by atoms with Gasteiger partial charge in [-0.2, -0.15) is 0 Å². The van der Waals surface area contributed by atoms with Gasteiger partial charge in [0.25, 0.3) is 0 Å². The molecule has 0 heterocycles. The number of rotatable bonds is 4. The molecule has 1 rings (SSSR count). The van der Waals surface area contributed by atoms with E-state index in [1.54, 1.807) is 31.1 Å². The molecule has 0 bridgehead atoms. The second-order valence-corrected chi connectivity index (χ2v) is 3.80. The van der Waals surface area contributed by atoms with E-state index in [9.17, 15) is 13.2 Å². The van der Waals surface area contributed by atoms with Crippen molar-refractivity contribution in [3.8, 4) is 5.75 Å². The number of benzene rings is 1. The van der Waals surface area contributed by atoms with E-state index in [0.717, 1.165) is 0 Å². The molecule has 0 saturated heterocycles. The summed E-state index contributed by atoms with van der Waals surface area (Å²) in [7, 11) is 3.50. The Bertz CT molecular complexity index is 366. The molecular weight excluding hydrogens is 233 g/mol. The van der Waals surface area contributed by atoms with Gasteiger partial charge in [-0.05, 0) is 20.2 Å². The summed E-state index contributed by atoms with van der Waals surface area (Å²) in [6, 6.07) is 5.71. The quantitative estimate of drug-likeness (QED) is 0.887. The third kappa shape index (κ3) is 3.90. The van der Waals surface area contributed by atoms with E-state index < -0.39 is 6.36 Å². The standard InChI is InChI=1S/C11H15F3N2O/c1-16(2)9(7-15)8-5-3-4-6-10(8)17-11(12,13)14/h3-6,9H,7,15H2,1-2H3/t9-/m1/s1. The molecule has 1 atom stereocenters. The normalized spacial score (nSPS) is 13.8. The van der Waals surface area contributed by atoms with Crippen molar-refractivity contribution in [3.63, 3.8) is 0 Å². The summed E-state index contributed by atoms with van der Waals surface area (Å²) in [5.74, 6) is -0.204. The van der Waals surface area contributed by atoms with Crippen LogP contribution in [0.2, 0.25) is 0 Å². The van der Waals surface area contributed by atoms with Gasteiger partial charge in [0.15, 0.2) is 0 Å². The van der Waals surface area contributed by atoms with Gasteiger partial charge in [-0.15, -0.1) is 13.2 Å². The number of ether oxygens (including phenoxy) is 1. The van der Waals surface area contributed by atoms with Crippen molar-refractivity contribution in [1.29, 1.82) is 0 Å². The van der Waals surface area contributed by atoms with Gasteiger partial charge in [0.1, 0.15) is 5.75 Å². The van der Waals surface area contributed by atoms with Crippen LogP contribution in [0.4, 0.5) is 13.2 Å². The van der Waals surface area contributed by atoms with Crippen LogP contribution in [0.25, 0.3) is 0 Å². The molecule has 0 aliphatic heterocycles. The van der Waals surface area contributed by atoms with E-state index in [-0.39, 0.29) is 18.3 Å². The van der Waals surface area contributed by atoms with Gasteiger partial charge in [-0.1, -0.05) is 18.2 Å². The first-order valence-corrected chi connectivity index (χ1v) is 5.06. The van der Waals surface area contributed by atoms with Gasteiger partial charge in [0.2, 0.25) is 0 Å². The van der Waals surface area contributed by atoms with Crippen molar-refractivity contribution in [2.75, 3.05) is 20.6 Å². The van der Waals surface area contributed by atoms with Gasteiger partial charge in [0, 0.05) is 12.1 Å². The van der Waals surface area contributed by atoms with Crippen LogP contribution in [0.3, 0.4) is 0 Å². The fourth-order valence-corrected chi connectivity index (χ4v) is 1.59. The smallest absolute Gasteiger partial charge is 0.405 e. The molecule has 0 saturated carbocycles. The molecule has 0 aromatic heterocycles. The molecule has 6 heteroatoms. The highest BCUT2D eigenvalue weighted by atomic mass is 19.4. The Kier molecular flexibility index (Phi) is 4.36. The monoisotopic (exact) mass is 248 g/mol. The van der Waals surface area contributed by atoms with E-state index in [1.165, 1.54) is 12.1 Å². The lowest BCUT2D eigenvalue weighted by Gasteiger charge is -2.25. The fourth-order valence-electron chi connectivity index (χ4n) is 1.59. The van der Waals surface area contributed by atoms with Crippen LogP contribution >= 0.6 is 0 Å². The van der Waals surface area contributed by atoms with Crippen molar-refractivity contribution in [2.24, 2.45) is 5.73 Å². The summed E-state index contributed by atoms with van der Waals surface area (Å²) in [6.45, 7) is 0.214. The lowest BCUT2D eigenvalue weighted by molar-refractivity contribution is -0.275. The molecule has 0 spiro atoms. The van der Waals surface area contributed by atoms with Crippen LogP contribution in [0.5, 0.6) is 5.75 Å². The Labute approximate surface area is 98.0 Å².